The molecule has 5 heteroatoms. The molecule has 1 N–H and O–H groups in total. The topological polar surface area (TPSA) is 74.9 Å². The number of pyridine rings is 1. The van der Waals surface area contributed by atoms with Gasteiger partial charge in [0.1, 0.15) is 6.07 Å². The van der Waals surface area contributed by atoms with Gasteiger partial charge in [-0.05, 0) is 18.2 Å². The molecule has 0 bridgehead atoms. The van der Waals surface area contributed by atoms with Gasteiger partial charge in [-0.15, -0.1) is 0 Å². The zero-order valence-corrected chi connectivity index (χ0v) is 12.4. The Morgan fingerprint density at radius 1 is 1.13 bits per heavy atom. The van der Waals surface area contributed by atoms with E-state index in [1.165, 1.54) is 10.6 Å². The van der Waals surface area contributed by atoms with E-state index in [4.69, 9.17) is 5.26 Å². The fraction of sp³-hybridized carbons (Fsp3) is 0.0556. The Bertz CT molecular complexity index is 1010. The Hall–Kier alpha value is -3.39. The number of nitrogens with zero attached hydrogens (tertiary/aromatic N) is 2. The number of benzene rings is 2. The maximum Gasteiger partial charge on any atom is 0.256 e. The number of rotatable bonds is 2. The first-order valence-corrected chi connectivity index (χ1v) is 7.01. The summed E-state index contributed by atoms with van der Waals surface area (Å²) < 4.78 is 1.50. The average Bonchev–Trinajstić information content (AvgIpc) is 2.58. The van der Waals surface area contributed by atoms with Crippen LogP contribution in [0.3, 0.4) is 0 Å². The molecule has 2 aromatic carbocycles. The third kappa shape index (κ3) is 2.58. The number of amides is 1. The molecule has 1 heterocycles. The summed E-state index contributed by atoms with van der Waals surface area (Å²) in [6, 6.07) is 17.3. The molecule has 0 unspecified atom stereocenters. The Morgan fingerprint density at radius 2 is 1.83 bits per heavy atom. The van der Waals surface area contributed by atoms with Gasteiger partial charge < -0.3 is 9.88 Å². The molecule has 1 amide bonds. The van der Waals surface area contributed by atoms with Crippen LogP contribution in [0.5, 0.6) is 0 Å². The lowest BCUT2D eigenvalue weighted by atomic mass is 10.1. The molecule has 0 atom stereocenters. The molecule has 0 aliphatic carbocycles. The number of carbonyl (C=O) groups excluding carboxylic acids is 1. The molecule has 0 saturated heterocycles. The van der Waals surface area contributed by atoms with E-state index in [0.717, 1.165) is 0 Å². The second kappa shape index (κ2) is 5.78. The molecule has 112 valence electrons. The maximum atomic E-state index is 12.6. The van der Waals surface area contributed by atoms with E-state index in [-0.39, 0.29) is 11.1 Å². The Labute approximate surface area is 132 Å². The van der Waals surface area contributed by atoms with E-state index >= 15 is 0 Å². The first-order valence-electron chi connectivity index (χ1n) is 7.01. The minimum absolute atomic E-state index is 0.262. The lowest BCUT2D eigenvalue weighted by molar-refractivity contribution is 0.102. The van der Waals surface area contributed by atoms with E-state index in [2.05, 4.69) is 5.32 Å². The smallest absolute Gasteiger partial charge is 0.256 e. The Morgan fingerprint density at radius 3 is 2.61 bits per heavy atom. The van der Waals surface area contributed by atoms with Crippen LogP contribution in [0.4, 0.5) is 5.69 Å². The number of carbonyl (C=O) groups is 1. The third-order valence-electron chi connectivity index (χ3n) is 3.69. The normalized spacial score (nSPS) is 10.3. The van der Waals surface area contributed by atoms with Crippen molar-refractivity contribution in [2.45, 2.75) is 0 Å². The standard InChI is InChI=1S/C18H13N3O2/c1-21-16-9-5-3-7-13(16)14(10-17(21)22)18(23)20-15-8-4-2-6-12(15)11-19/h2-10H,1H3,(H,20,23). The highest BCUT2D eigenvalue weighted by molar-refractivity contribution is 6.12. The summed E-state index contributed by atoms with van der Waals surface area (Å²) in [6.07, 6.45) is 0. The lowest BCUT2D eigenvalue weighted by Gasteiger charge is -2.11. The second-order valence-corrected chi connectivity index (χ2v) is 5.08. The summed E-state index contributed by atoms with van der Waals surface area (Å²) in [7, 11) is 1.66. The van der Waals surface area contributed by atoms with Gasteiger partial charge in [-0.3, -0.25) is 9.59 Å². The van der Waals surface area contributed by atoms with Gasteiger partial charge in [0.25, 0.3) is 11.5 Å². The zero-order chi connectivity index (χ0) is 16.4. The highest BCUT2D eigenvalue weighted by atomic mass is 16.2. The van der Waals surface area contributed by atoms with E-state index in [9.17, 15) is 9.59 Å². The van der Waals surface area contributed by atoms with E-state index in [1.807, 2.05) is 18.2 Å². The number of anilines is 1. The summed E-state index contributed by atoms with van der Waals surface area (Å²) in [6.45, 7) is 0. The highest BCUT2D eigenvalue weighted by Gasteiger charge is 2.14. The average molecular weight is 303 g/mol. The van der Waals surface area contributed by atoms with Crippen LogP contribution in [0.15, 0.2) is 59.4 Å². The van der Waals surface area contributed by atoms with Gasteiger partial charge in [-0.1, -0.05) is 30.3 Å². The van der Waals surface area contributed by atoms with E-state index in [1.54, 1.807) is 43.4 Å². The van der Waals surface area contributed by atoms with Crippen molar-refractivity contribution in [1.82, 2.24) is 4.57 Å². The maximum absolute atomic E-state index is 12.6. The summed E-state index contributed by atoms with van der Waals surface area (Å²) in [5, 5.41) is 12.5. The molecular formula is C18H13N3O2. The number of fused-ring (bicyclic) bond motifs is 1. The van der Waals surface area contributed by atoms with Gasteiger partial charge in [-0.25, -0.2) is 0 Å². The first-order chi connectivity index (χ1) is 11.1. The van der Waals surface area contributed by atoms with Crippen LogP contribution in [-0.4, -0.2) is 10.5 Å². The van der Waals surface area contributed by atoms with Crippen molar-refractivity contribution < 1.29 is 4.79 Å². The molecule has 3 rings (SSSR count). The minimum Gasteiger partial charge on any atom is -0.321 e. The third-order valence-corrected chi connectivity index (χ3v) is 3.69. The van der Waals surface area contributed by atoms with Gasteiger partial charge in [0.05, 0.1) is 22.3 Å². The molecule has 23 heavy (non-hydrogen) atoms. The molecule has 0 radical (unpaired) electrons. The lowest BCUT2D eigenvalue weighted by Crippen LogP contribution is -2.21. The molecule has 5 nitrogen and oxygen atoms in total. The van der Waals surface area contributed by atoms with Crippen LogP contribution in [0.25, 0.3) is 10.9 Å². The largest absolute Gasteiger partial charge is 0.321 e. The van der Waals surface area contributed by atoms with Crippen molar-refractivity contribution in [3.8, 4) is 6.07 Å². The summed E-state index contributed by atoms with van der Waals surface area (Å²) >= 11 is 0. The molecule has 0 aliphatic rings. The van der Waals surface area contributed by atoms with Gasteiger partial charge in [-0.2, -0.15) is 5.26 Å². The van der Waals surface area contributed by atoms with Crippen LogP contribution in [0, 0.1) is 11.3 Å². The van der Waals surface area contributed by atoms with Crippen molar-refractivity contribution in [2.75, 3.05) is 5.32 Å². The number of hydrogen-bond donors (Lipinski definition) is 1. The monoisotopic (exact) mass is 303 g/mol. The van der Waals surface area contributed by atoms with Crippen LogP contribution in [-0.2, 0) is 7.05 Å². The number of hydrogen-bond acceptors (Lipinski definition) is 3. The number of aromatic nitrogens is 1. The van der Waals surface area contributed by atoms with E-state index < -0.39 is 5.91 Å². The second-order valence-electron chi connectivity index (χ2n) is 5.08. The van der Waals surface area contributed by atoms with Crippen molar-refractivity contribution in [3.63, 3.8) is 0 Å². The van der Waals surface area contributed by atoms with Crippen LogP contribution in [0.2, 0.25) is 0 Å². The fourth-order valence-electron chi connectivity index (χ4n) is 2.48. The van der Waals surface area contributed by atoms with E-state index in [0.29, 0.717) is 22.2 Å². The van der Waals surface area contributed by atoms with Crippen LogP contribution >= 0.6 is 0 Å². The molecule has 0 aliphatic heterocycles. The summed E-state index contributed by atoms with van der Waals surface area (Å²) in [5.41, 5.74) is 1.50. The number of nitriles is 1. The predicted molar refractivity (Wildman–Crippen MR) is 88.3 cm³/mol. The predicted octanol–water partition coefficient (Wildman–Crippen LogP) is 2.66. The number of aryl methyl sites for hydroxylation is 1. The quantitative estimate of drug-likeness (QED) is 0.791. The van der Waals surface area contributed by atoms with Crippen molar-refractivity contribution in [2.24, 2.45) is 7.05 Å². The van der Waals surface area contributed by atoms with Crippen LogP contribution < -0.4 is 10.9 Å². The van der Waals surface area contributed by atoms with Gasteiger partial charge in [0.2, 0.25) is 0 Å². The van der Waals surface area contributed by atoms with Crippen molar-refractivity contribution in [3.05, 3.63) is 76.1 Å². The zero-order valence-electron chi connectivity index (χ0n) is 12.4. The summed E-state index contributed by atoms with van der Waals surface area (Å²) in [5.74, 6) is -0.415. The fourth-order valence-corrected chi connectivity index (χ4v) is 2.48. The molecule has 3 aromatic rings. The van der Waals surface area contributed by atoms with Crippen LogP contribution in [0.1, 0.15) is 15.9 Å². The number of nitrogens with one attached hydrogen (secondary N) is 1. The molecule has 0 fully saturated rings. The molecular weight excluding hydrogens is 290 g/mol. The minimum atomic E-state index is -0.415. The highest BCUT2D eigenvalue weighted by Crippen LogP contribution is 2.19. The van der Waals surface area contributed by atoms with Crippen molar-refractivity contribution in [1.29, 1.82) is 5.26 Å². The Balaban J connectivity index is 2.11. The molecule has 0 saturated carbocycles. The van der Waals surface area contributed by atoms with Gasteiger partial charge in [0, 0.05) is 18.5 Å². The van der Waals surface area contributed by atoms with Crippen molar-refractivity contribution >= 4 is 22.5 Å². The van der Waals surface area contributed by atoms with Gasteiger partial charge in [0.15, 0.2) is 0 Å². The van der Waals surface area contributed by atoms with Gasteiger partial charge >= 0.3 is 0 Å². The first kappa shape index (κ1) is 14.5. The SMILES string of the molecule is Cn1c(=O)cc(C(=O)Nc2ccccc2C#N)c2ccccc21. The Kier molecular flexibility index (Phi) is 3.65. The molecule has 1 aromatic heterocycles. The summed E-state index contributed by atoms with van der Waals surface area (Å²) in [4.78, 5) is 24.7. The number of para-hydroxylation sites is 2. The molecule has 0 spiro atoms.